The van der Waals surface area contributed by atoms with Crippen molar-refractivity contribution in [3.8, 4) is 5.75 Å². The predicted molar refractivity (Wildman–Crippen MR) is 74.3 cm³/mol. The second kappa shape index (κ2) is 5.61. The summed E-state index contributed by atoms with van der Waals surface area (Å²) in [4.78, 5) is 13.8. The Morgan fingerprint density at radius 3 is 2.47 bits per heavy atom. The van der Waals surface area contributed by atoms with E-state index in [0.717, 1.165) is 11.4 Å². The molecule has 1 amide bonds. The number of benzene rings is 1. The average Bonchev–Trinajstić information content (AvgIpc) is 2.65. The number of hydrogen-bond acceptors (Lipinski definition) is 3. The molecule has 1 aromatic rings. The number of carbonyl (C=O) groups is 1. The van der Waals surface area contributed by atoms with E-state index in [-0.39, 0.29) is 30.6 Å². The van der Waals surface area contributed by atoms with Crippen molar-refractivity contribution in [2.45, 2.75) is 39.3 Å². The third kappa shape index (κ3) is 2.89. The minimum absolute atomic E-state index is 0.0269. The van der Waals surface area contributed by atoms with E-state index >= 15 is 0 Å². The van der Waals surface area contributed by atoms with Crippen LogP contribution in [0.5, 0.6) is 5.75 Å². The molecule has 0 radical (unpaired) electrons. The quantitative estimate of drug-likeness (QED) is 0.906. The number of rotatable bonds is 4. The molecule has 1 fully saturated rings. The van der Waals surface area contributed by atoms with E-state index in [9.17, 15) is 9.90 Å². The van der Waals surface area contributed by atoms with Crippen LogP contribution < -0.4 is 9.64 Å². The van der Waals surface area contributed by atoms with Gasteiger partial charge in [-0.2, -0.15) is 0 Å². The lowest BCUT2D eigenvalue weighted by molar-refractivity contribution is -0.117. The van der Waals surface area contributed by atoms with Crippen LogP contribution in [-0.4, -0.2) is 29.8 Å². The van der Waals surface area contributed by atoms with Gasteiger partial charge in [0.15, 0.2) is 0 Å². The van der Waals surface area contributed by atoms with Crippen LogP contribution in [0.25, 0.3) is 0 Å². The van der Waals surface area contributed by atoms with Gasteiger partial charge in [0.2, 0.25) is 5.91 Å². The second-order valence-corrected chi connectivity index (χ2v) is 5.31. The minimum Gasteiger partial charge on any atom is -0.491 e. The van der Waals surface area contributed by atoms with Gasteiger partial charge in [-0.25, -0.2) is 0 Å². The number of hydrogen-bond donors (Lipinski definition) is 1. The monoisotopic (exact) mass is 263 g/mol. The number of amides is 1. The van der Waals surface area contributed by atoms with Gasteiger partial charge in [-0.15, -0.1) is 0 Å². The highest BCUT2D eigenvalue weighted by Gasteiger charge is 2.37. The van der Waals surface area contributed by atoms with Crippen LogP contribution in [0.1, 0.15) is 27.2 Å². The van der Waals surface area contributed by atoms with Crippen LogP contribution in [0.3, 0.4) is 0 Å². The molecular weight excluding hydrogens is 242 g/mol. The molecule has 0 bridgehead atoms. The summed E-state index contributed by atoms with van der Waals surface area (Å²) in [5, 5.41) is 9.26. The van der Waals surface area contributed by atoms with Crippen molar-refractivity contribution in [1.82, 2.24) is 0 Å². The Bertz CT molecular complexity index is 441. The molecule has 4 nitrogen and oxygen atoms in total. The van der Waals surface area contributed by atoms with Crippen molar-refractivity contribution in [2.75, 3.05) is 11.5 Å². The van der Waals surface area contributed by atoms with Gasteiger partial charge in [0.1, 0.15) is 5.75 Å². The number of anilines is 1. The fraction of sp³-hybridized carbons (Fsp3) is 0.533. The molecule has 0 saturated carbocycles. The van der Waals surface area contributed by atoms with E-state index in [4.69, 9.17) is 4.74 Å². The third-order valence-electron chi connectivity index (χ3n) is 3.52. The Labute approximate surface area is 114 Å². The number of aliphatic hydroxyl groups excluding tert-OH is 1. The van der Waals surface area contributed by atoms with Crippen molar-refractivity contribution in [3.63, 3.8) is 0 Å². The zero-order valence-corrected chi connectivity index (χ0v) is 11.7. The summed E-state index contributed by atoms with van der Waals surface area (Å²) in [6.45, 7) is 5.99. The largest absolute Gasteiger partial charge is 0.491 e. The fourth-order valence-electron chi connectivity index (χ4n) is 2.48. The predicted octanol–water partition coefficient (Wildman–Crippen LogP) is 2.21. The summed E-state index contributed by atoms with van der Waals surface area (Å²) in [5.41, 5.74) is 0.865. The van der Waals surface area contributed by atoms with E-state index in [1.54, 1.807) is 4.90 Å². The summed E-state index contributed by atoms with van der Waals surface area (Å²) in [5.74, 6) is 0.903. The van der Waals surface area contributed by atoms with Crippen molar-refractivity contribution < 1.29 is 14.6 Å². The maximum atomic E-state index is 12.0. The number of carbonyl (C=O) groups excluding carboxylic acids is 1. The Hall–Kier alpha value is -1.55. The summed E-state index contributed by atoms with van der Waals surface area (Å²) >= 11 is 0. The maximum Gasteiger partial charge on any atom is 0.227 e. The normalized spacial score (nSPS) is 23.2. The molecule has 2 unspecified atom stereocenters. The van der Waals surface area contributed by atoms with Crippen LogP contribution in [0.4, 0.5) is 5.69 Å². The van der Waals surface area contributed by atoms with E-state index in [1.165, 1.54) is 0 Å². The molecule has 1 heterocycles. The highest BCUT2D eigenvalue weighted by Crippen LogP contribution is 2.31. The summed E-state index contributed by atoms with van der Waals surface area (Å²) in [7, 11) is 0. The first-order valence-corrected chi connectivity index (χ1v) is 6.72. The molecule has 1 aliphatic heterocycles. The maximum absolute atomic E-state index is 12.0. The molecule has 0 aromatic heterocycles. The lowest BCUT2D eigenvalue weighted by atomic mass is 10.0. The molecular formula is C15H21NO3. The van der Waals surface area contributed by atoms with Crippen LogP contribution in [0, 0.1) is 5.92 Å². The van der Waals surface area contributed by atoms with Gasteiger partial charge in [0.25, 0.3) is 0 Å². The SMILES string of the molecule is CC(C)Oc1ccc(N2C(=O)CC(CO)C2C)cc1. The van der Waals surface area contributed by atoms with Gasteiger partial charge in [-0.05, 0) is 45.0 Å². The van der Waals surface area contributed by atoms with Gasteiger partial charge >= 0.3 is 0 Å². The van der Waals surface area contributed by atoms with Gasteiger partial charge in [0.05, 0.1) is 6.10 Å². The van der Waals surface area contributed by atoms with Gasteiger partial charge < -0.3 is 14.7 Å². The van der Waals surface area contributed by atoms with Crippen molar-refractivity contribution in [3.05, 3.63) is 24.3 Å². The fourth-order valence-corrected chi connectivity index (χ4v) is 2.48. The first kappa shape index (κ1) is 13.9. The molecule has 1 aromatic carbocycles. The number of ether oxygens (including phenoxy) is 1. The Morgan fingerprint density at radius 2 is 2.00 bits per heavy atom. The molecule has 19 heavy (non-hydrogen) atoms. The highest BCUT2D eigenvalue weighted by molar-refractivity contribution is 5.96. The highest BCUT2D eigenvalue weighted by atomic mass is 16.5. The summed E-state index contributed by atoms with van der Waals surface area (Å²) in [6, 6.07) is 7.58. The van der Waals surface area contributed by atoms with Crippen LogP contribution in [0.15, 0.2) is 24.3 Å². The molecule has 0 spiro atoms. The van der Waals surface area contributed by atoms with Crippen LogP contribution in [0.2, 0.25) is 0 Å². The molecule has 104 valence electrons. The van der Waals surface area contributed by atoms with Crippen molar-refractivity contribution in [1.29, 1.82) is 0 Å². The van der Waals surface area contributed by atoms with Crippen molar-refractivity contribution in [2.24, 2.45) is 5.92 Å². The molecule has 1 N–H and O–H groups in total. The first-order chi connectivity index (χ1) is 9.02. The number of aliphatic hydroxyl groups is 1. The summed E-state index contributed by atoms with van der Waals surface area (Å²) < 4.78 is 5.58. The standard InChI is InChI=1S/C15H21NO3/c1-10(2)19-14-6-4-13(5-7-14)16-11(3)12(9-17)8-15(16)18/h4-7,10-12,17H,8-9H2,1-3H3. The molecule has 0 aliphatic carbocycles. The van der Waals surface area contributed by atoms with E-state index < -0.39 is 0 Å². The first-order valence-electron chi connectivity index (χ1n) is 6.72. The molecule has 2 rings (SSSR count). The van der Waals surface area contributed by atoms with E-state index in [0.29, 0.717) is 6.42 Å². The van der Waals surface area contributed by atoms with Crippen LogP contribution in [-0.2, 0) is 4.79 Å². The summed E-state index contributed by atoms with van der Waals surface area (Å²) in [6.07, 6.45) is 0.555. The zero-order chi connectivity index (χ0) is 14.0. The van der Waals surface area contributed by atoms with Crippen molar-refractivity contribution >= 4 is 11.6 Å². The Balaban J connectivity index is 2.16. The topological polar surface area (TPSA) is 49.8 Å². The number of nitrogens with zero attached hydrogens (tertiary/aromatic N) is 1. The molecule has 4 heteroatoms. The third-order valence-corrected chi connectivity index (χ3v) is 3.52. The smallest absolute Gasteiger partial charge is 0.227 e. The lowest BCUT2D eigenvalue weighted by Crippen LogP contribution is -2.33. The second-order valence-electron chi connectivity index (χ2n) is 5.31. The van der Waals surface area contributed by atoms with E-state index in [2.05, 4.69) is 0 Å². The van der Waals surface area contributed by atoms with Crippen LogP contribution >= 0.6 is 0 Å². The molecule has 1 saturated heterocycles. The van der Waals surface area contributed by atoms with E-state index in [1.807, 2.05) is 45.0 Å². The molecule has 1 aliphatic rings. The van der Waals surface area contributed by atoms with Gasteiger partial charge in [-0.1, -0.05) is 0 Å². The molecule has 2 atom stereocenters. The minimum atomic E-state index is 0.0269. The lowest BCUT2D eigenvalue weighted by Gasteiger charge is -2.24. The zero-order valence-electron chi connectivity index (χ0n) is 11.7. The Kier molecular flexibility index (Phi) is 4.10. The Morgan fingerprint density at radius 1 is 1.37 bits per heavy atom. The van der Waals surface area contributed by atoms with Gasteiger partial charge in [-0.3, -0.25) is 4.79 Å². The average molecular weight is 263 g/mol. The van der Waals surface area contributed by atoms with Gasteiger partial charge in [0, 0.05) is 30.7 Å².